The lowest BCUT2D eigenvalue weighted by Gasteiger charge is -1.92. The molecule has 10 heavy (non-hydrogen) atoms. The average Bonchev–Trinajstić information content (AvgIpc) is 2.40. The molecule has 0 aromatic carbocycles. The normalized spacial score (nSPS) is 9.30. The predicted octanol–water partition coefficient (Wildman–Crippen LogP) is 1.02. The molecule has 0 amide bonds. The van der Waals surface area contributed by atoms with Gasteiger partial charge >= 0.3 is 5.97 Å². The first kappa shape index (κ1) is 7.21. The zero-order valence-corrected chi connectivity index (χ0v) is 6.06. The van der Waals surface area contributed by atoms with E-state index < -0.39 is 0 Å². The summed E-state index contributed by atoms with van der Waals surface area (Å²) >= 11 is 1.45. The standard InChI is InChI=1S/C6H6NO2S/c1-9-6(8)2-5-3-10-4-7-5/h3-4H,1-2H2. The van der Waals surface area contributed by atoms with E-state index in [0.29, 0.717) is 0 Å². The largest absolute Gasteiger partial charge is 0.462 e. The van der Waals surface area contributed by atoms with E-state index in [1.54, 1.807) is 10.9 Å². The minimum atomic E-state index is -0.356. The van der Waals surface area contributed by atoms with Gasteiger partial charge in [-0.1, -0.05) is 0 Å². The van der Waals surface area contributed by atoms with Crippen molar-refractivity contribution < 1.29 is 9.53 Å². The van der Waals surface area contributed by atoms with Gasteiger partial charge in [-0.3, -0.25) is 4.79 Å². The summed E-state index contributed by atoms with van der Waals surface area (Å²) < 4.78 is 4.20. The number of nitrogens with zero attached hydrogens (tertiary/aromatic N) is 1. The van der Waals surface area contributed by atoms with Crippen molar-refractivity contribution in [2.45, 2.75) is 6.42 Å². The van der Waals surface area contributed by atoms with E-state index in [1.807, 2.05) is 0 Å². The number of hydrogen-bond donors (Lipinski definition) is 0. The van der Waals surface area contributed by atoms with Crippen LogP contribution in [0.3, 0.4) is 0 Å². The number of aromatic nitrogens is 1. The van der Waals surface area contributed by atoms with Crippen LogP contribution in [0.4, 0.5) is 0 Å². The average molecular weight is 156 g/mol. The smallest absolute Gasteiger partial charge is 0.312 e. The summed E-state index contributed by atoms with van der Waals surface area (Å²) in [5.74, 6) is -0.356. The first-order valence-electron chi connectivity index (χ1n) is 2.65. The van der Waals surface area contributed by atoms with E-state index in [4.69, 9.17) is 0 Å². The Balaban J connectivity index is 2.48. The van der Waals surface area contributed by atoms with Crippen molar-refractivity contribution in [2.24, 2.45) is 0 Å². The van der Waals surface area contributed by atoms with Crippen LogP contribution < -0.4 is 0 Å². The Morgan fingerprint density at radius 3 is 3.20 bits per heavy atom. The van der Waals surface area contributed by atoms with Gasteiger partial charge in [0.2, 0.25) is 0 Å². The number of carbonyl (C=O) groups excluding carboxylic acids is 1. The number of carbonyl (C=O) groups is 1. The Morgan fingerprint density at radius 2 is 2.70 bits per heavy atom. The van der Waals surface area contributed by atoms with Crippen LogP contribution in [0.15, 0.2) is 10.9 Å². The maximum absolute atomic E-state index is 10.6. The molecule has 0 aliphatic rings. The van der Waals surface area contributed by atoms with Gasteiger partial charge in [-0.25, -0.2) is 4.98 Å². The molecule has 1 rings (SSSR count). The molecule has 4 heteroatoms. The molecule has 0 saturated carbocycles. The SMILES string of the molecule is [CH2]OC(=O)Cc1cscn1. The number of esters is 1. The van der Waals surface area contributed by atoms with Crippen molar-refractivity contribution >= 4 is 17.3 Å². The fourth-order valence-corrected chi connectivity index (χ4v) is 1.08. The summed E-state index contributed by atoms with van der Waals surface area (Å²) in [6.07, 6.45) is 0.215. The summed E-state index contributed by atoms with van der Waals surface area (Å²) in [6, 6.07) is 0. The molecule has 1 radical (unpaired) electrons. The highest BCUT2D eigenvalue weighted by atomic mass is 32.1. The maximum Gasteiger partial charge on any atom is 0.312 e. The summed E-state index contributed by atoms with van der Waals surface area (Å²) in [6.45, 7) is 0. The van der Waals surface area contributed by atoms with Gasteiger partial charge in [0.05, 0.1) is 17.6 Å². The van der Waals surface area contributed by atoms with Crippen LogP contribution in [0.5, 0.6) is 0 Å². The third kappa shape index (κ3) is 1.80. The minimum absolute atomic E-state index is 0.215. The topological polar surface area (TPSA) is 39.2 Å². The van der Waals surface area contributed by atoms with Crippen LogP contribution in [0.2, 0.25) is 0 Å². The predicted molar refractivity (Wildman–Crippen MR) is 37.3 cm³/mol. The van der Waals surface area contributed by atoms with Gasteiger partial charge in [-0.15, -0.1) is 11.3 Å². The monoisotopic (exact) mass is 156 g/mol. The van der Waals surface area contributed by atoms with E-state index in [-0.39, 0.29) is 12.4 Å². The third-order valence-electron chi connectivity index (χ3n) is 0.970. The van der Waals surface area contributed by atoms with E-state index in [1.165, 1.54) is 11.3 Å². The second kappa shape index (κ2) is 3.31. The Bertz CT molecular complexity index is 208. The van der Waals surface area contributed by atoms with Crippen molar-refractivity contribution in [2.75, 3.05) is 0 Å². The van der Waals surface area contributed by atoms with Gasteiger partial charge in [-0.05, 0) is 0 Å². The van der Waals surface area contributed by atoms with Crippen molar-refractivity contribution in [3.63, 3.8) is 0 Å². The lowest BCUT2D eigenvalue weighted by molar-refractivity contribution is -0.137. The van der Waals surface area contributed by atoms with Crippen molar-refractivity contribution in [1.29, 1.82) is 0 Å². The second-order valence-corrected chi connectivity index (χ2v) is 2.39. The zero-order chi connectivity index (χ0) is 7.40. The van der Waals surface area contributed by atoms with Gasteiger partial charge < -0.3 is 4.74 Å². The molecule has 1 aromatic rings. The van der Waals surface area contributed by atoms with E-state index >= 15 is 0 Å². The number of thiazole rings is 1. The summed E-state index contributed by atoms with van der Waals surface area (Å²) in [4.78, 5) is 14.5. The van der Waals surface area contributed by atoms with Crippen molar-refractivity contribution in [3.8, 4) is 0 Å². The van der Waals surface area contributed by atoms with Gasteiger partial charge in [0.25, 0.3) is 0 Å². The first-order chi connectivity index (χ1) is 4.83. The van der Waals surface area contributed by atoms with Gasteiger partial charge in [-0.2, -0.15) is 0 Å². The molecular formula is C6H6NO2S. The van der Waals surface area contributed by atoms with Gasteiger partial charge in [0, 0.05) is 5.38 Å². The Kier molecular flexibility index (Phi) is 2.39. The molecular weight excluding hydrogens is 150 g/mol. The molecule has 1 aromatic heterocycles. The molecule has 0 aliphatic heterocycles. The Hall–Kier alpha value is -0.900. The third-order valence-corrected chi connectivity index (χ3v) is 1.61. The van der Waals surface area contributed by atoms with Crippen LogP contribution in [0, 0.1) is 7.11 Å². The number of rotatable bonds is 2. The zero-order valence-electron chi connectivity index (χ0n) is 5.24. The highest BCUT2D eigenvalue weighted by Crippen LogP contribution is 2.01. The lowest BCUT2D eigenvalue weighted by atomic mass is 10.3. The van der Waals surface area contributed by atoms with E-state index in [9.17, 15) is 4.79 Å². The molecule has 0 unspecified atom stereocenters. The summed E-state index contributed by atoms with van der Waals surface area (Å²) in [5.41, 5.74) is 2.41. The highest BCUT2D eigenvalue weighted by Gasteiger charge is 2.02. The van der Waals surface area contributed by atoms with Crippen LogP contribution in [0.25, 0.3) is 0 Å². The minimum Gasteiger partial charge on any atom is -0.462 e. The van der Waals surface area contributed by atoms with Crippen LogP contribution in [-0.4, -0.2) is 11.0 Å². The van der Waals surface area contributed by atoms with Crippen LogP contribution in [-0.2, 0) is 16.0 Å². The number of ether oxygens (including phenoxy) is 1. The molecule has 53 valence electrons. The second-order valence-electron chi connectivity index (χ2n) is 1.67. The quantitative estimate of drug-likeness (QED) is 0.600. The molecule has 0 saturated heterocycles. The highest BCUT2D eigenvalue weighted by molar-refractivity contribution is 7.07. The Labute approximate surface area is 62.7 Å². The van der Waals surface area contributed by atoms with E-state index in [0.717, 1.165) is 5.69 Å². The van der Waals surface area contributed by atoms with Crippen molar-refractivity contribution in [1.82, 2.24) is 4.98 Å². The molecule has 0 spiro atoms. The number of hydrogen-bond acceptors (Lipinski definition) is 4. The summed E-state index contributed by atoms with van der Waals surface area (Å²) in [5, 5.41) is 1.80. The molecule has 1 heterocycles. The van der Waals surface area contributed by atoms with Crippen LogP contribution >= 0.6 is 11.3 Å². The first-order valence-corrected chi connectivity index (χ1v) is 3.59. The molecule has 0 fully saturated rings. The lowest BCUT2D eigenvalue weighted by Crippen LogP contribution is -2.02. The van der Waals surface area contributed by atoms with Gasteiger partial charge in [0.15, 0.2) is 0 Å². The molecule has 0 N–H and O–H groups in total. The molecule has 0 atom stereocenters. The van der Waals surface area contributed by atoms with E-state index in [2.05, 4.69) is 16.8 Å². The molecule has 0 aliphatic carbocycles. The fraction of sp³-hybridized carbons (Fsp3) is 0.167. The molecule has 0 bridgehead atoms. The molecule has 3 nitrogen and oxygen atoms in total. The fourth-order valence-electron chi connectivity index (χ4n) is 0.524. The van der Waals surface area contributed by atoms with Crippen LogP contribution in [0.1, 0.15) is 5.69 Å². The maximum atomic E-state index is 10.6. The van der Waals surface area contributed by atoms with Gasteiger partial charge in [0.1, 0.15) is 7.11 Å². The Morgan fingerprint density at radius 1 is 1.90 bits per heavy atom. The van der Waals surface area contributed by atoms with Crippen molar-refractivity contribution in [3.05, 3.63) is 23.7 Å². The summed E-state index contributed by atoms with van der Waals surface area (Å²) in [7, 11) is 2.99.